The number of carbonyl (C=O) groups excluding carboxylic acids is 1. The van der Waals surface area contributed by atoms with Crippen molar-refractivity contribution in [3.05, 3.63) is 54.2 Å². The predicted molar refractivity (Wildman–Crippen MR) is 101 cm³/mol. The monoisotopic (exact) mass is 354 g/mol. The fraction of sp³-hybridized carbons (Fsp3) is 0.250. The number of benzene rings is 2. The van der Waals surface area contributed by atoms with Crippen molar-refractivity contribution in [3.63, 3.8) is 0 Å². The van der Waals surface area contributed by atoms with Crippen LogP contribution in [0.25, 0.3) is 10.9 Å². The molecule has 0 spiro atoms. The average molecular weight is 354 g/mol. The molecule has 1 heterocycles. The minimum absolute atomic E-state index is 0.311. The maximum atomic E-state index is 12.6. The van der Waals surface area contributed by atoms with Crippen LogP contribution >= 0.6 is 0 Å². The minimum atomic E-state index is -0.649. The smallest absolute Gasteiger partial charge is 0.333 e. The van der Waals surface area contributed by atoms with Crippen molar-refractivity contribution in [1.82, 2.24) is 4.98 Å². The Labute approximate surface area is 152 Å². The summed E-state index contributed by atoms with van der Waals surface area (Å²) in [6, 6.07) is 12.5. The molecule has 0 aliphatic carbocycles. The first-order chi connectivity index (χ1) is 12.7. The van der Waals surface area contributed by atoms with E-state index in [-0.39, 0.29) is 5.97 Å². The molecule has 0 bridgehead atoms. The highest BCUT2D eigenvalue weighted by molar-refractivity contribution is 5.92. The molecule has 3 aromatic rings. The zero-order valence-electron chi connectivity index (χ0n) is 15.0. The number of methoxy groups -OCH3 is 2. The number of aromatic nitrogens is 1. The summed E-state index contributed by atoms with van der Waals surface area (Å²) in [6.45, 7) is 2.10. The molecule has 3 rings (SSSR count). The van der Waals surface area contributed by atoms with Crippen LogP contribution in [-0.4, -0.2) is 31.8 Å². The number of esters is 1. The molecule has 0 saturated carbocycles. The molecule has 0 fully saturated rings. The number of rotatable bonds is 7. The van der Waals surface area contributed by atoms with Gasteiger partial charge in [0.05, 0.1) is 20.8 Å². The van der Waals surface area contributed by atoms with E-state index in [4.69, 9.17) is 14.2 Å². The Kier molecular flexibility index (Phi) is 5.31. The van der Waals surface area contributed by atoms with Crippen LogP contribution in [0.3, 0.4) is 0 Å². The predicted octanol–water partition coefficient (Wildman–Crippen LogP) is 3.90. The summed E-state index contributed by atoms with van der Waals surface area (Å²) < 4.78 is 15.8. The number of fused-ring (bicyclic) bond motifs is 1. The lowest BCUT2D eigenvalue weighted by molar-refractivity contribution is -0.144. The number of hydrogen-bond donors (Lipinski definition) is 2. The van der Waals surface area contributed by atoms with E-state index in [0.717, 1.165) is 33.7 Å². The number of carbonyl (C=O) groups is 1. The number of ether oxygens (including phenoxy) is 3. The largest absolute Gasteiger partial charge is 0.497 e. The number of hydrogen-bond acceptors (Lipinski definition) is 5. The first kappa shape index (κ1) is 17.7. The second kappa shape index (κ2) is 7.82. The van der Waals surface area contributed by atoms with Crippen LogP contribution in [0, 0.1) is 0 Å². The molecular formula is C20H22N2O4. The highest BCUT2D eigenvalue weighted by Crippen LogP contribution is 2.31. The summed E-state index contributed by atoms with van der Waals surface area (Å²) in [7, 11) is 3.23. The van der Waals surface area contributed by atoms with E-state index in [0.29, 0.717) is 6.61 Å². The minimum Gasteiger partial charge on any atom is -0.497 e. The van der Waals surface area contributed by atoms with Crippen LogP contribution < -0.4 is 14.8 Å². The van der Waals surface area contributed by atoms with Gasteiger partial charge < -0.3 is 24.5 Å². The summed E-state index contributed by atoms with van der Waals surface area (Å²) in [5, 5.41) is 4.16. The van der Waals surface area contributed by atoms with Gasteiger partial charge in [0, 0.05) is 28.4 Å². The second-order valence-corrected chi connectivity index (χ2v) is 5.71. The van der Waals surface area contributed by atoms with E-state index in [9.17, 15) is 4.79 Å². The van der Waals surface area contributed by atoms with Gasteiger partial charge in [-0.1, -0.05) is 0 Å². The van der Waals surface area contributed by atoms with Crippen molar-refractivity contribution >= 4 is 22.6 Å². The van der Waals surface area contributed by atoms with Crippen LogP contribution in [0.2, 0.25) is 0 Å². The zero-order chi connectivity index (χ0) is 18.5. The van der Waals surface area contributed by atoms with Crippen molar-refractivity contribution in [3.8, 4) is 11.5 Å². The van der Waals surface area contributed by atoms with Gasteiger partial charge in [-0.25, -0.2) is 4.79 Å². The third-order valence-electron chi connectivity index (χ3n) is 4.16. The van der Waals surface area contributed by atoms with E-state index < -0.39 is 6.04 Å². The molecule has 136 valence electrons. The summed E-state index contributed by atoms with van der Waals surface area (Å²) >= 11 is 0. The van der Waals surface area contributed by atoms with E-state index >= 15 is 0 Å². The van der Waals surface area contributed by atoms with Crippen molar-refractivity contribution in [2.75, 3.05) is 26.1 Å². The molecule has 0 aliphatic heterocycles. The van der Waals surface area contributed by atoms with Gasteiger partial charge >= 0.3 is 5.97 Å². The van der Waals surface area contributed by atoms with Crippen LogP contribution in [0.1, 0.15) is 18.5 Å². The van der Waals surface area contributed by atoms with Crippen LogP contribution in [0.15, 0.2) is 48.7 Å². The number of H-pyrrole nitrogens is 1. The summed E-state index contributed by atoms with van der Waals surface area (Å²) in [4.78, 5) is 15.8. The number of aromatic amines is 1. The molecule has 2 aromatic carbocycles. The van der Waals surface area contributed by atoms with E-state index in [1.165, 1.54) is 0 Å². The van der Waals surface area contributed by atoms with E-state index in [1.807, 2.05) is 48.7 Å². The van der Waals surface area contributed by atoms with Crippen molar-refractivity contribution < 1.29 is 19.0 Å². The van der Waals surface area contributed by atoms with Gasteiger partial charge in [0.15, 0.2) is 6.04 Å². The standard InChI is InChI=1S/C20H22N2O4/c1-4-26-20(23)19(22-13-5-7-14(24-2)8-6-13)17-12-21-18-10-9-15(25-3)11-16(17)18/h5-12,19,21-22H,4H2,1-3H3/t19-/m0/s1. The molecule has 0 unspecified atom stereocenters. The second-order valence-electron chi connectivity index (χ2n) is 5.71. The molecule has 0 aliphatic rings. The number of nitrogens with one attached hydrogen (secondary N) is 2. The maximum Gasteiger partial charge on any atom is 0.333 e. The molecule has 0 saturated heterocycles. The molecule has 2 N–H and O–H groups in total. The first-order valence-corrected chi connectivity index (χ1v) is 8.38. The lowest BCUT2D eigenvalue weighted by Crippen LogP contribution is -2.23. The lowest BCUT2D eigenvalue weighted by Gasteiger charge is -2.18. The molecule has 1 atom stereocenters. The molecule has 0 amide bonds. The van der Waals surface area contributed by atoms with Crippen molar-refractivity contribution in [2.45, 2.75) is 13.0 Å². The zero-order valence-corrected chi connectivity index (χ0v) is 15.0. The van der Waals surface area contributed by atoms with Gasteiger partial charge in [0.25, 0.3) is 0 Å². The first-order valence-electron chi connectivity index (χ1n) is 8.38. The number of anilines is 1. The van der Waals surface area contributed by atoms with Gasteiger partial charge in [0.2, 0.25) is 0 Å². The Morgan fingerprint density at radius 3 is 2.42 bits per heavy atom. The summed E-state index contributed by atoms with van der Waals surface area (Å²) in [6.07, 6.45) is 1.82. The van der Waals surface area contributed by atoms with Gasteiger partial charge in [-0.15, -0.1) is 0 Å². The summed E-state index contributed by atoms with van der Waals surface area (Å²) in [5.74, 6) is 1.14. The van der Waals surface area contributed by atoms with Gasteiger partial charge in [-0.3, -0.25) is 0 Å². The highest BCUT2D eigenvalue weighted by Gasteiger charge is 2.25. The molecule has 6 heteroatoms. The topological polar surface area (TPSA) is 72.6 Å². The normalized spacial score (nSPS) is 11.8. The average Bonchev–Trinajstić information content (AvgIpc) is 3.09. The third-order valence-corrected chi connectivity index (χ3v) is 4.16. The lowest BCUT2D eigenvalue weighted by atomic mass is 10.0. The molecule has 6 nitrogen and oxygen atoms in total. The Bertz CT molecular complexity index is 886. The fourth-order valence-electron chi connectivity index (χ4n) is 2.83. The van der Waals surface area contributed by atoms with Crippen molar-refractivity contribution in [1.29, 1.82) is 0 Å². The molecule has 1 aromatic heterocycles. The van der Waals surface area contributed by atoms with Crippen LogP contribution in [-0.2, 0) is 9.53 Å². The quantitative estimate of drug-likeness (QED) is 0.630. The van der Waals surface area contributed by atoms with Crippen molar-refractivity contribution in [2.24, 2.45) is 0 Å². The Balaban J connectivity index is 1.99. The van der Waals surface area contributed by atoms with Gasteiger partial charge in [-0.2, -0.15) is 0 Å². The molecule has 0 radical (unpaired) electrons. The Morgan fingerprint density at radius 2 is 1.77 bits per heavy atom. The van der Waals surface area contributed by atoms with E-state index in [2.05, 4.69) is 10.3 Å². The maximum absolute atomic E-state index is 12.6. The molecule has 26 heavy (non-hydrogen) atoms. The summed E-state index contributed by atoms with van der Waals surface area (Å²) in [5.41, 5.74) is 2.51. The highest BCUT2D eigenvalue weighted by atomic mass is 16.5. The fourth-order valence-corrected chi connectivity index (χ4v) is 2.83. The Hall–Kier alpha value is -3.15. The SMILES string of the molecule is CCOC(=O)[C@@H](Nc1ccc(OC)cc1)c1c[nH]c2ccc(OC)cc12. The van der Waals surface area contributed by atoms with Crippen LogP contribution in [0.4, 0.5) is 5.69 Å². The van der Waals surface area contributed by atoms with E-state index in [1.54, 1.807) is 21.1 Å². The van der Waals surface area contributed by atoms with Crippen LogP contribution in [0.5, 0.6) is 11.5 Å². The third kappa shape index (κ3) is 3.59. The van der Waals surface area contributed by atoms with Gasteiger partial charge in [0.1, 0.15) is 11.5 Å². The Morgan fingerprint density at radius 1 is 1.08 bits per heavy atom. The molecular weight excluding hydrogens is 332 g/mol. The van der Waals surface area contributed by atoms with Gasteiger partial charge in [-0.05, 0) is 49.4 Å².